The van der Waals surface area contributed by atoms with Gasteiger partial charge >= 0.3 is 6.18 Å². The largest absolute Gasteiger partial charge is 0.392 e. The molecular formula is C19H20F4. The van der Waals surface area contributed by atoms with E-state index in [4.69, 9.17) is 0 Å². The van der Waals surface area contributed by atoms with Crippen molar-refractivity contribution in [1.82, 2.24) is 0 Å². The molecule has 2 aromatic carbocycles. The van der Waals surface area contributed by atoms with Crippen LogP contribution in [0.15, 0.2) is 48.5 Å². The molecule has 0 fully saturated rings. The van der Waals surface area contributed by atoms with Gasteiger partial charge in [0, 0.05) is 0 Å². The number of hydrogen-bond donors (Lipinski definition) is 0. The number of benzene rings is 2. The van der Waals surface area contributed by atoms with Crippen LogP contribution in [0.3, 0.4) is 0 Å². The van der Waals surface area contributed by atoms with Crippen LogP contribution in [0.25, 0.3) is 11.1 Å². The van der Waals surface area contributed by atoms with Crippen LogP contribution in [-0.4, -0.2) is 6.18 Å². The highest BCUT2D eigenvalue weighted by molar-refractivity contribution is 5.65. The highest BCUT2D eigenvalue weighted by atomic mass is 19.4. The highest BCUT2D eigenvalue weighted by Gasteiger charge is 2.32. The molecule has 23 heavy (non-hydrogen) atoms. The van der Waals surface area contributed by atoms with Gasteiger partial charge in [0.15, 0.2) is 0 Å². The van der Waals surface area contributed by atoms with Crippen LogP contribution < -0.4 is 0 Å². The number of hydrogen-bond acceptors (Lipinski definition) is 0. The van der Waals surface area contributed by atoms with E-state index in [2.05, 4.69) is 26.8 Å². The summed E-state index contributed by atoms with van der Waals surface area (Å²) in [6, 6.07) is 14.2. The third kappa shape index (κ3) is 4.81. The average Bonchev–Trinajstić information content (AvgIpc) is 2.45. The van der Waals surface area contributed by atoms with Gasteiger partial charge in [-0.25, -0.2) is 4.39 Å². The Morgan fingerprint density at radius 3 is 2.00 bits per heavy atom. The Bertz CT molecular complexity index is 648. The van der Waals surface area contributed by atoms with Crippen molar-refractivity contribution in [2.24, 2.45) is 0 Å². The van der Waals surface area contributed by atoms with Crippen LogP contribution in [0.4, 0.5) is 17.6 Å². The average molecular weight is 324 g/mol. The van der Waals surface area contributed by atoms with Gasteiger partial charge in [0.25, 0.3) is 0 Å². The number of halogens is 4. The van der Waals surface area contributed by atoms with Gasteiger partial charge < -0.3 is 0 Å². The van der Waals surface area contributed by atoms with E-state index in [1.807, 2.05) is 18.2 Å². The van der Waals surface area contributed by atoms with Gasteiger partial charge in [-0.1, -0.05) is 69.3 Å². The Labute approximate surface area is 134 Å². The van der Waals surface area contributed by atoms with Gasteiger partial charge in [-0.2, -0.15) is 13.2 Å². The first-order valence-corrected chi connectivity index (χ1v) is 7.48. The van der Waals surface area contributed by atoms with Gasteiger partial charge in [0.1, 0.15) is 6.17 Å². The SMILES string of the molecule is CC(C)(C)c1cccc(-c2ccc(C(F)CC(F)(F)F)cc2)c1. The fourth-order valence-electron chi connectivity index (χ4n) is 2.37. The molecule has 4 heteroatoms. The van der Waals surface area contributed by atoms with E-state index < -0.39 is 18.8 Å². The minimum Gasteiger partial charge on any atom is -0.242 e. The standard InChI is InChI=1S/C19H20F4/c1-18(2,3)16-6-4-5-15(11-16)13-7-9-14(10-8-13)17(20)12-19(21,22)23/h4-11,17H,12H2,1-3H3. The molecule has 0 saturated carbocycles. The fraction of sp³-hybridized carbons (Fsp3) is 0.368. The quantitative estimate of drug-likeness (QED) is 0.557. The first kappa shape index (κ1) is 17.5. The topological polar surface area (TPSA) is 0 Å². The van der Waals surface area contributed by atoms with Crippen molar-refractivity contribution in [2.45, 2.75) is 45.0 Å². The summed E-state index contributed by atoms with van der Waals surface area (Å²) in [7, 11) is 0. The molecule has 0 aromatic heterocycles. The molecule has 1 atom stereocenters. The van der Waals surface area contributed by atoms with Crippen LogP contribution in [0.5, 0.6) is 0 Å². The predicted molar refractivity (Wildman–Crippen MR) is 85.1 cm³/mol. The van der Waals surface area contributed by atoms with E-state index in [9.17, 15) is 17.6 Å². The van der Waals surface area contributed by atoms with Crippen molar-refractivity contribution in [3.63, 3.8) is 0 Å². The highest BCUT2D eigenvalue weighted by Crippen LogP contribution is 2.33. The lowest BCUT2D eigenvalue weighted by Gasteiger charge is -2.20. The van der Waals surface area contributed by atoms with Crippen molar-refractivity contribution in [3.05, 3.63) is 59.7 Å². The Balaban J connectivity index is 2.23. The van der Waals surface area contributed by atoms with Gasteiger partial charge in [0.05, 0.1) is 6.42 Å². The lowest BCUT2D eigenvalue weighted by molar-refractivity contribution is -0.146. The Kier molecular flexibility index (Phi) is 4.83. The van der Waals surface area contributed by atoms with Gasteiger partial charge in [-0.15, -0.1) is 0 Å². The molecule has 124 valence electrons. The molecule has 0 bridgehead atoms. The maximum absolute atomic E-state index is 13.7. The van der Waals surface area contributed by atoms with E-state index in [1.54, 1.807) is 12.1 Å². The maximum atomic E-state index is 13.7. The first-order valence-electron chi connectivity index (χ1n) is 7.48. The second-order valence-electron chi connectivity index (χ2n) is 6.74. The van der Waals surface area contributed by atoms with Crippen molar-refractivity contribution < 1.29 is 17.6 Å². The minimum atomic E-state index is -4.50. The summed E-state index contributed by atoms with van der Waals surface area (Å²) < 4.78 is 50.4. The molecule has 0 spiro atoms. The summed E-state index contributed by atoms with van der Waals surface area (Å²) in [5.41, 5.74) is 3.05. The van der Waals surface area contributed by atoms with E-state index in [1.165, 1.54) is 17.7 Å². The smallest absolute Gasteiger partial charge is 0.242 e. The molecule has 1 unspecified atom stereocenters. The molecule has 0 aliphatic rings. The zero-order valence-electron chi connectivity index (χ0n) is 13.4. The Morgan fingerprint density at radius 1 is 0.870 bits per heavy atom. The first-order chi connectivity index (χ1) is 10.6. The molecule has 0 amide bonds. The second-order valence-corrected chi connectivity index (χ2v) is 6.74. The van der Waals surface area contributed by atoms with Gasteiger partial charge in [0.2, 0.25) is 0 Å². The van der Waals surface area contributed by atoms with Crippen LogP contribution in [0, 0.1) is 0 Å². The lowest BCUT2D eigenvalue weighted by Crippen LogP contribution is -2.11. The molecular weight excluding hydrogens is 304 g/mol. The third-order valence-corrected chi connectivity index (χ3v) is 3.74. The lowest BCUT2D eigenvalue weighted by atomic mass is 9.85. The van der Waals surface area contributed by atoms with Crippen LogP contribution >= 0.6 is 0 Å². The summed E-state index contributed by atoms with van der Waals surface area (Å²) in [6.45, 7) is 6.33. The molecule has 0 aliphatic heterocycles. The van der Waals surface area contributed by atoms with Gasteiger partial charge in [-0.05, 0) is 27.7 Å². The molecule has 0 N–H and O–H groups in total. The van der Waals surface area contributed by atoms with Crippen molar-refractivity contribution >= 4 is 0 Å². The Hall–Kier alpha value is -1.84. The summed E-state index contributed by atoms with van der Waals surface area (Å²) >= 11 is 0. The van der Waals surface area contributed by atoms with E-state index >= 15 is 0 Å². The third-order valence-electron chi connectivity index (χ3n) is 3.74. The van der Waals surface area contributed by atoms with Crippen LogP contribution in [0.1, 0.15) is 44.5 Å². The maximum Gasteiger partial charge on any atom is 0.392 e. The summed E-state index contributed by atoms with van der Waals surface area (Å²) in [5.74, 6) is 0. The fourth-order valence-corrected chi connectivity index (χ4v) is 2.37. The summed E-state index contributed by atoms with van der Waals surface area (Å²) in [5, 5.41) is 0. The van der Waals surface area contributed by atoms with Crippen molar-refractivity contribution in [2.75, 3.05) is 0 Å². The molecule has 0 aliphatic carbocycles. The van der Waals surface area contributed by atoms with Crippen molar-refractivity contribution in [1.29, 1.82) is 0 Å². The normalized spacial score (nSPS) is 13.9. The van der Waals surface area contributed by atoms with Crippen molar-refractivity contribution in [3.8, 4) is 11.1 Å². The second kappa shape index (κ2) is 6.34. The van der Waals surface area contributed by atoms with Crippen LogP contribution in [0.2, 0.25) is 0 Å². The summed E-state index contributed by atoms with van der Waals surface area (Å²) in [4.78, 5) is 0. The zero-order chi connectivity index (χ0) is 17.3. The molecule has 0 radical (unpaired) electrons. The zero-order valence-corrected chi connectivity index (χ0v) is 13.4. The summed E-state index contributed by atoms with van der Waals surface area (Å²) in [6.07, 6.45) is -7.98. The monoisotopic (exact) mass is 324 g/mol. The molecule has 0 nitrogen and oxygen atoms in total. The minimum absolute atomic E-state index is 0.00664. The van der Waals surface area contributed by atoms with Crippen LogP contribution in [-0.2, 0) is 5.41 Å². The molecule has 2 rings (SSSR count). The molecule has 2 aromatic rings. The van der Waals surface area contributed by atoms with E-state index in [-0.39, 0.29) is 11.0 Å². The molecule has 0 heterocycles. The van der Waals surface area contributed by atoms with E-state index in [0.717, 1.165) is 11.1 Å². The number of rotatable bonds is 3. The Morgan fingerprint density at radius 2 is 1.48 bits per heavy atom. The number of alkyl halides is 4. The van der Waals surface area contributed by atoms with Gasteiger partial charge in [-0.3, -0.25) is 0 Å². The molecule has 0 saturated heterocycles. The predicted octanol–water partition coefficient (Wildman–Crippen LogP) is 6.61. The van der Waals surface area contributed by atoms with E-state index in [0.29, 0.717) is 0 Å².